The van der Waals surface area contributed by atoms with Crippen molar-refractivity contribution >= 4 is 10.0 Å². The van der Waals surface area contributed by atoms with E-state index < -0.39 is 16.1 Å². The molecule has 0 aliphatic heterocycles. The highest BCUT2D eigenvalue weighted by atomic mass is 32.2. The molecular weight excluding hydrogens is 230 g/mol. The number of imidazole rings is 1. The van der Waals surface area contributed by atoms with Crippen molar-refractivity contribution in [2.45, 2.75) is 37.8 Å². The lowest BCUT2D eigenvalue weighted by Gasteiger charge is -2.12. The van der Waals surface area contributed by atoms with E-state index in [4.69, 9.17) is 5.11 Å². The van der Waals surface area contributed by atoms with Gasteiger partial charge in [-0.05, 0) is 6.42 Å². The number of aromatic amines is 1. The van der Waals surface area contributed by atoms with E-state index >= 15 is 0 Å². The third-order valence-electron chi connectivity index (χ3n) is 2.26. The quantitative estimate of drug-likeness (QED) is 0.660. The zero-order chi connectivity index (χ0) is 12.2. The molecule has 1 rings (SSSR count). The minimum Gasteiger partial charge on any atom is -0.395 e. The standard InChI is InChI=1S/C9H17N3O3S/c1-3-7(6-13)12-16(14,15)9-5-10-8(4-2)11-9/h5,7,12-13H,3-4,6H2,1-2H3,(H,10,11)/t7-/m1/s1. The van der Waals surface area contributed by atoms with Crippen molar-refractivity contribution < 1.29 is 13.5 Å². The van der Waals surface area contributed by atoms with Crippen molar-refractivity contribution in [2.24, 2.45) is 0 Å². The molecule has 0 aliphatic rings. The Labute approximate surface area is 95.2 Å². The summed E-state index contributed by atoms with van der Waals surface area (Å²) in [6.07, 6.45) is 2.46. The van der Waals surface area contributed by atoms with Crippen molar-refractivity contribution in [1.82, 2.24) is 14.7 Å². The predicted molar refractivity (Wildman–Crippen MR) is 59.5 cm³/mol. The highest BCUT2D eigenvalue weighted by molar-refractivity contribution is 7.89. The molecule has 1 atom stereocenters. The summed E-state index contributed by atoms with van der Waals surface area (Å²) in [5.41, 5.74) is 0. The van der Waals surface area contributed by atoms with Gasteiger partial charge in [-0.25, -0.2) is 18.1 Å². The largest absolute Gasteiger partial charge is 0.395 e. The third-order valence-corrected chi connectivity index (χ3v) is 3.69. The highest BCUT2D eigenvalue weighted by Crippen LogP contribution is 2.07. The number of aromatic nitrogens is 2. The Morgan fingerprint density at radius 3 is 2.69 bits per heavy atom. The normalized spacial score (nSPS) is 13.9. The molecule has 7 heteroatoms. The fourth-order valence-electron chi connectivity index (χ4n) is 1.19. The van der Waals surface area contributed by atoms with Gasteiger partial charge in [-0.3, -0.25) is 0 Å². The minimum absolute atomic E-state index is 0.0382. The van der Waals surface area contributed by atoms with Gasteiger partial charge in [-0.2, -0.15) is 0 Å². The summed E-state index contributed by atoms with van der Waals surface area (Å²) in [6.45, 7) is 3.46. The van der Waals surface area contributed by atoms with Crippen LogP contribution >= 0.6 is 0 Å². The van der Waals surface area contributed by atoms with Gasteiger partial charge >= 0.3 is 0 Å². The van der Waals surface area contributed by atoms with Crippen LogP contribution in [-0.2, 0) is 16.4 Å². The second kappa shape index (κ2) is 5.42. The summed E-state index contributed by atoms with van der Waals surface area (Å²) < 4.78 is 26.0. The molecule has 1 heterocycles. The van der Waals surface area contributed by atoms with Crippen molar-refractivity contribution in [3.8, 4) is 0 Å². The Kier molecular flexibility index (Phi) is 4.45. The van der Waals surface area contributed by atoms with Crippen LogP contribution in [0.15, 0.2) is 11.2 Å². The van der Waals surface area contributed by atoms with E-state index in [-0.39, 0.29) is 11.6 Å². The van der Waals surface area contributed by atoms with E-state index in [2.05, 4.69) is 14.7 Å². The molecule has 0 unspecified atom stereocenters. The first kappa shape index (κ1) is 13.1. The molecular formula is C9H17N3O3S. The molecule has 3 N–H and O–H groups in total. The van der Waals surface area contributed by atoms with Crippen LogP contribution < -0.4 is 4.72 Å². The first-order valence-corrected chi connectivity index (χ1v) is 6.68. The first-order valence-electron chi connectivity index (χ1n) is 5.20. The van der Waals surface area contributed by atoms with Crippen molar-refractivity contribution in [2.75, 3.05) is 6.61 Å². The molecule has 0 aromatic carbocycles. The van der Waals surface area contributed by atoms with Crippen LogP contribution in [0.25, 0.3) is 0 Å². The Hall–Kier alpha value is -0.920. The molecule has 0 fully saturated rings. The van der Waals surface area contributed by atoms with Crippen LogP contribution in [0.2, 0.25) is 0 Å². The highest BCUT2D eigenvalue weighted by Gasteiger charge is 2.20. The number of H-pyrrole nitrogens is 1. The van der Waals surface area contributed by atoms with Crippen LogP contribution in [0.1, 0.15) is 26.1 Å². The second-order valence-corrected chi connectivity index (χ2v) is 5.14. The van der Waals surface area contributed by atoms with Gasteiger partial charge in [-0.1, -0.05) is 13.8 Å². The van der Waals surface area contributed by atoms with Crippen LogP contribution in [0.4, 0.5) is 0 Å². The molecule has 16 heavy (non-hydrogen) atoms. The lowest BCUT2D eigenvalue weighted by molar-refractivity contribution is 0.253. The molecule has 1 aromatic rings. The lowest BCUT2D eigenvalue weighted by atomic mass is 10.3. The van der Waals surface area contributed by atoms with Gasteiger partial charge in [0.1, 0.15) is 5.82 Å². The van der Waals surface area contributed by atoms with E-state index in [1.165, 1.54) is 6.20 Å². The number of hydrogen-bond acceptors (Lipinski definition) is 4. The molecule has 92 valence electrons. The average Bonchev–Trinajstić information content (AvgIpc) is 2.75. The molecule has 0 saturated heterocycles. The Balaban J connectivity index is 2.85. The average molecular weight is 247 g/mol. The van der Waals surface area contributed by atoms with Crippen LogP contribution in [0, 0.1) is 0 Å². The second-order valence-electron chi connectivity index (χ2n) is 3.46. The molecule has 0 bridgehead atoms. The summed E-state index contributed by atoms with van der Waals surface area (Å²) in [5, 5.41) is 8.97. The summed E-state index contributed by atoms with van der Waals surface area (Å²) >= 11 is 0. The van der Waals surface area contributed by atoms with Gasteiger partial charge in [0.05, 0.1) is 12.8 Å². The van der Waals surface area contributed by atoms with Gasteiger partial charge in [-0.15, -0.1) is 0 Å². The molecule has 0 saturated carbocycles. The van der Waals surface area contributed by atoms with E-state index in [0.717, 1.165) is 0 Å². The number of nitrogens with one attached hydrogen (secondary N) is 2. The molecule has 0 radical (unpaired) electrons. The monoisotopic (exact) mass is 247 g/mol. The van der Waals surface area contributed by atoms with Gasteiger partial charge in [0.25, 0.3) is 10.0 Å². The fraction of sp³-hybridized carbons (Fsp3) is 0.667. The van der Waals surface area contributed by atoms with Crippen LogP contribution in [0.5, 0.6) is 0 Å². The molecule has 0 aliphatic carbocycles. The van der Waals surface area contributed by atoms with Gasteiger partial charge in [0, 0.05) is 12.5 Å². The third kappa shape index (κ3) is 3.03. The molecule has 0 amide bonds. The smallest absolute Gasteiger partial charge is 0.257 e. The van der Waals surface area contributed by atoms with Crippen molar-refractivity contribution in [3.63, 3.8) is 0 Å². The molecule has 0 spiro atoms. The number of aliphatic hydroxyl groups is 1. The number of nitrogens with zero attached hydrogens (tertiary/aromatic N) is 1. The number of sulfonamides is 1. The van der Waals surface area contributed by atoms with Crippen molar-refractivity contribution in [1.29, 1.82) is 0 Å². The van der Waals surface area contributed by atoms with E-state index in [0.29, 0.717) is 18.7 Å². The number of hydrogen-bond donors (Lipinski definition) is 3. The Bertz CT molecular complexity index is 423. The zero-order valence-corrected chi connectivity index (χ0v) is 10.2. The van der Waals surface area contributed by atoms with Gasteiger partial charge in [0.2, 0.25) is 0 Å². The summed E-state index contributed by atoms with van der Waals surface area (Å²) in [6, 6.07) is -0.460. The first-order chi connectivity index (χ1) is 7.53. The van der Waals surface area contributed by atoms with Crippen LogP contribution in [-0.4, -0.2) is 36.1 Å². The predicted octanol–water partition coefficient (Wildman–Crippen LogP) is 0.0213. The number of aryl methyl sites for hydroxylation is 1. The molecule has 1 aromatic heterocycles. The van der Waals surface area contributed by atoms with Gasteiger partial charge < -0.3 is 10.1 Å². The van der Waals surface area contributed by atoms with Crippen LogP contribution in [0.3, 0.4) is 0 Å². The summed E-state index contributed by atoms with van der Waals surface area (Å²) in [7, 11) is -3.60. The fourth-order valence-corrected chi connectivity index (χ4v) is 2.44. The van der Waals surface area contributed by atoms with Crippen molar-refractivity contribution in [3.05, 3.63) is 12.0 Å². The Morgan fingerprint density at radius 2 is 2.25 bits per heavy atom. The number of aliphatic hydroxyl groups excluding tert-OH is 1. The molecule has 6 nitrogen and oxygen atoms in total. The topological polar surface area (TPSA) is 95.1 Å². The van der Waals surface area contributed by atoms with Gasteiger partial charge in [0.15, 0.2) is 5.03 Å². The minimum atomic E-state index is -3.60. The number of rotatable bonds is 6. The maximum atomic E-state index is 11.8. The zero-order valence-electron chi connectivity index (χ0n) is 9.40. The SMILES string of the molecule is CCc1ncc(S(=O)(=O)N[C@H](CC)CO)[nH]1. The Morgan fingerprint density at radius 1 is 1.56 bits per heavy atom. The summed E-state index contributed by atoms with van der Waals surface area (Å²) in [4.78, 5) is 6.64. The maximum absolute atomic E-state index is 11.8. The summed E-state index contributed by atoms with van der Waals surface area (Å²) in [5.74, 6) is 0.623. The van der Waals surface area contributed by atoms with E-state index in [9.17, 15) is 8.42 Å². The van der Waals surface area contributed by atoms with E-state index in [1.807, 2.05) is 6.92 Å². The lowest BCUT2D eigenvalue weighted by Crippen LogP contribution is -2.37. The maximum Gasteiger partial charge on any atom is 0.257 e. The van der Waals surface area contributed by atoms with E-state index in [1.54, 1.807) is 6.92 Å².